The van der Waals surface area contributed by atoms with Crippen LogP contribution in [-0.4, -0.2) is 129 Å². The Labute approximate surface area is 273 Å². The summed E-state index contributed by atoms with van der Waals surface area (Å²) in [5.41, 5.74) is 0. The third kappa shape index (κ3) is 13.0. The number of fused-ring (bicyclic) bond motifs is 1. The molecule has 0 spiro atoms. The number of thioether (sulfide) groups is 2. The molecule has 46 heavy (non-hydrogen) atoms. The SMILES string of the molecule is CSCC[C@H](NC(=O)[C@H](CO)NC(=O)[C@H](CCC(=O)O)NC(=O)CCCC[C@@H]1SC[C@@H]2NC(=O)N[C@@H]21)C(=O)N[C@H](C=O)CC(=O)O. The first-order valence-corrected chi connectivity index (χ1v) is 17.2. The van der Waals surface area contributed by atoms with Crippen molar-refractivity contribution in [2.75, 3.05) is 24.4 Å². The van der Waals surface area contributed by atoms with Crippen molar-refractivity contribution >= 4 is 71.4 Å². The number of nitrogens with one attached hydrogen (secondary N) is 6. The van der Waals surface area contributed by atoms with E-state index in [1.807, 2.05) is 0 Å². The second kappa shape index (κ2) is 19.8. The quantitative estimate of drug-likeness (QED) is 0.0336. The Morgan fingerprint density at radius 3 is 2.20 bits per heavy atom. The molecule has 258 valence electrons. The minimum Gasteiger partial charge on any atom is -0.481 e. The van der Waals surface area contributed by atoms with E-state index >= 15 is 0 Å². The Kier molecular flexibility index (Phi) is 16.6. The summed E-state index contributed by atoms with van der Waals surface area (Å²) in [5.74, 6) is -4.60. The van der Waals surface area contributed by atoms with Crippen LogP contribution in [0.4, 0.5) is 4.79 Å². The number of rotatable bonds is 22. The highest BCUT2D eigenvalue weighted by molar-refractivity contribution is 8.00. The van der Waals surface area contributed by atoms with Crippen LogP contribution in [0, 0.1) is 0 Å². The van der Waals surface area contributed by atoms with Crippen LogP contribution in [0.5, 0.6) is 0 Å². The number of hydrogen-bond donors (Lipinski definition) is 9. The summed E-state index contributed by atoms with van der Waals surface area (Å²) in [6.07, 6.45) is 2.61. The predicted molar refractivity (Wildman–Crippen MR) is 167 cm³/mol. The van der Waals surface area contributed by atoms with Gasteiger partial charge in [-0.1, -0.05) is 6.42 Å². The Morgan fingerprint density at radius 2 is 1.57 bits per heavy atom. The molecule has 9 N–H and O–H groups in total. The van der Waals surface area contributed by atoms with Gasteiger partial charge in [0.15, 0.2) is 0 Å². The molecule has 6 amide bonds. The molecular formula is C27H42N6O11S2. The van der Waals surface area contributed by atoms with Crippen LogP contribution in [0.25, 0.3) is 0 Å². The number of carbonyl (C=O) groups excluding carboxylic acids is 6. The van der Waals surface area contributed by atoms with Crippen LogP contribution >= 0.6 is 23.5 Å². The molecule has 0 unspecified atom stereocenters. The highest BCUT2D eigenvalue weighted by atomic mass is 32.2. The first-order valence-electron chi connectivity index (χ1n) is 14.8. The van der Waals surface area contributed by atoms with Crippen LogP contribution in [0.2, 0.25) is 0 Å². The van der Waals surface area contributed by atoms with Crippen molar-refractivity contribution in [3.8, 4) is 0 Å². The van der Waals surface area contributed by atoms with Crippen LogP contribution < -0.4 is 31.9 Å². The number of unbranched alkanes of at least 4 members (excludes halogenated alkanes) is 1. The fourth-order valence-electron chi connectivity index (χ4n) is 4.93. The molecule has 0 aliphatic carbocycles. The number of carboxylic acid groups (broad SMARTS) is 2. The van der Waals surface area contributed by atoms with Gasteiger partial charge < -0.3 is 52.0 Å². The number of carbonyl (C=O) groups is 8. The van der Waals surface area contributed by atoms with Gasteiger partial charge in [-0.3, -0.25) is 28.8 Å². The van der Waals surface area contributed by atoms with Gasteiger partial charge in [0.2, 0.25) is 23.6 Å². The van der Waals surface area contributed by atoms with Crippen LogP contribution in [0.3, 0.4) is 0 Å². The largest absolute Gasteiger partial charge is 0.481 e. The molecule has 2 fully saturated rings. The van der Waals surface area contributed by atoms with Crippen molar-refractivity contribution in [3.63, 3.8) is 0 Å². The molecule has 19 heteroatoms. The molecule has 0 radical (unpaired) electrons. The minimum atomic E-state index is -1.58. The molecule has 2 heterocycles. The summed E-state index contributed by atoms with van der Waals surface area (Å²) in [6.45, 7) is -0.902. The number of aliphatic hydroxyl groups excluding tert-OH is 1. The van der Waals surface area contributed by atoms with Gasteiger partial charge in [0.05, 0.1) is 31.2 Å². The first-order chi connectivity index (χ1) is 21.9. The second-order valence-corrected chi connectivity index (χ2v) is 13.1. The van der Waals surface area contributed by atoms with Crippen molar-refractivity contribution < 1.29 is 53.7 Å². The summed E-state index contributed by atoms with van der Waals surface area (Å²) in [7, 11) is 0. The molecule has 2 saturated heterocycles. The number of urea groups is 1. The Morgan fingerprint density at radius 1 is 0.913 bits per heavy atom. The number of aliphatic carboxylic acids is 2. The first kappa shape index (κ1) is 38.6. The third-order valence-corrected chi connectivity index (χ3v) is 9.48. The lowest BCUT2D eigenvalue weighted by molar-refractivity contribution is -0.139. The van der Waals surface area contributed by atoms with Crippen molar-refractivity contribution in [2.24, 2.45) is 0 Å². The summed E-state index contributed by atoms with van der Waals surface area (Å²) < 4.78 is 0. The summed E-state index contributed by atoms with van der Waals surface area (Å²) >= 11 is 3.09. The van der Waals surface area contributed by atoms with Crippen molar-refractivity contribution in [2.45, 2.75) is 92.9 Å². The van der Waals surface area contributed by atoms with Crippen LogP contribution in [0.15, 0.2) is 0 Å². The molecule has 0 bridgehead atoms. The van der Waals surface area contributed by atoms with Crippen molar-refractivity contribution in [1.82, 2.24) is 31.9 Å². The standard InChI is InChI=1S/C27H42N6O11S2/c1-45-9-8-16(24(41)28-14(11-34)10-22(39)40)30-26(43)17(12-35)31-25(42)15(6-7-21(37)38)29-20(36)5-3-2-4-19-23-18(13-46-19)32-27(44)33-23/h11,14-19,23,35H,2-10,12-13H2,1H3,(H,28,41)(H,29,36)(H,30,43)(H,31,42)(H,37,38)(H,39,40)(H2,32,33,44)/t14-,15-,16-,17-,18-,19-,23-/m0/s1. The number of aldehydes is 1. The fraction of sp³-hybridized carbons (Fsp3) is 0.704. The van der Waals surface area contributed by atoms with E-state index in [0.29, 0.717) is 18.6 Å². The molecule has 0 aromatic carbocycles. The molecule has 2 aliphatic rings. The molecule has 17 nitrogen and oxygen atoms in total. The lowest BCUT2D eigenvalue weighted by Crippen LogP contribution is -2.58. The van der Waals surface area contributed by atoms with Gasteiger partial charge in [0.1, 0.15) is 24.4 Å². The number of amides is 6. The lowest BCUT2D eigenvalue weighted by atomic mass is 10.0. The number of hydrogen-bond acceptors (Lipinski definition) is 11. The molecule has 2 rings (SSSR count). The minimum absolute atomic E-state index is 0.0347. The Balaban J connectivity index is 1.94. The molecule has 0 aromatic rings. The van der Waals surface area contributed by atoms with Gasteiger partial charge in [0.25, 0.3) is 0 Å². The second-order valence-electron chi connectivity index (χ2n) is 10.9. The number of carboxylic acids is 2. The van der Waals surface area contributed by atoms with E-state index in [2.05, 4.69) is 31.9 Å². The topological polar surface area (TPSA) is 269 Å². The molecular weight excluding hydrogens is 648 g/mol. The van der Waals surface area contributed by atoms with Gasteiger partial charge in [-0.2, -0.15) is 23.5 Å². The zero-order chi connectivity index (χ0) is 34.2. The summed E-state index contributed by atoms with van der Waals surface area (Å²) in [4.78, 5) is 96.3. The smallest absolute Gasteiger partial charge is 0.315 e. The average molecular weight is 691 g/mol. The van der Waals surface area contributed by atoms with E-state index in [4.69, 9.17) is 10.2 Å². The average Bonchev–Trinajstić information content (AvgIpc) is 3.56. The summed E-state index contributed by atoms with van der Waals surface area (Å²) in [5, 5.41) is 43.3. The zero-order valence-electron chi connectivity index (χ0n) is 25.3. The highest BCUT2D eigenvalue weighted by Gasteiger charge is 2.42. The molecule has 0 saturated carbocycles. The van der Waals surface area contributed by atoms with E-state index in [9.17, 15) is 43.5 Å². The molecule has 7 atom stereocenters. The van der Waals surface area contributed by atoms with E-state index < -0.39 is 79.2 Å². The molecule has 0 aromatic heterocycles. The van der Waals surface area contributed by atoms with E-state index in [0.717, 1.165) is 12.2 Å². The maximum Gasteiger partial charge on any atom is 0.315 e. The highest BCUT2D eigenvalue weighted by Crippen LogP contribution is 2.33. The normalized spacial score (nSPS) is 20.9. The maximum atomic E-state index is 13.0. The maximum absolute atomic E-state index is 13.0. The monoisotopic (exact) mass is 690 g/mol. The zero-order valence-corrected chi connectivity index (χ0v) is 27.0. The predicted octanol–water partition coefficient (Wildman–Crippen LogP) is -2.06. The van der Waals surface area contributed by atoms with Crippen molar-refractivity contribution in [1.29, 1.82) is 0 Å². The molecule has 2 aliphatic heterocycles. The summed E-state index contributed by atoms with van der Waals surface area (Å²) in [6, 6.07) is -5.57. The van der Waals surface area contributed by atoms with E-state index in [1.54, 1.807) is 18.0 Å². The van der Waals surface area contributed by atoms with Crippen molar-refractivity contribution in [3.05, 3.63) is 0 Å². The Hall–Kier alpha value is -3.58. The fourth-order valence-corrected chi connectivity index (χ4v) is 6.94. The van der Waals surface area contributed by atoms with Gasteiger partial charge in [-0.25, -0.2) is 4.79 Å². The lowest BCUT2D eigenvalue weighted by Gasteiger charge is -2.25. The van der Waals surface area contributed by atoms with Crippen LogP contribution in [0.1, 0.15) is 51.4 Å². The van der Waals surface area contributed by atoms with Gasteiger partial charge in [-0.15, -0.1) is 0 Å². The van der Waals surface area contributed by atoms with Gasteiger partial charge in [0, 0.05) is 23.8 Å². The van der Waals surface area contributed by atoms with Crippen LogP contribution in [-0.2, 0) is 33.6 Å². The van der Waals surface area contributed by atoms with E-state index in [1.165, 1.54) is 11.8 Å². The Bertz CT molecular complexity index is 1130. The van der Waals surface area contributed by atoms with Gasteiger partial charge >= 0.3 is 18.0 Å². The van der Waals surface area contributed by atoms with Gasteiger partial charge in [-0.05, 0) is 37.7 Å². The van der Waals surface area contributed by atoms with E-state index in [-0.39, 0.29) is 48.9 Å². The number of aliphatic hydroxyl groups is 1. The third-order valence-electron chi connectivity index (χ3n) is 7.32.